The van der Waals surface area contributed by atoms with Gasteiger partial charge in [0.05, 0.1) is 0 Å². The van der Waals surface area contributed by atoms with Gasteiger partial charge in [-0.15, -0.1) is 0 Å². The summed E-state index contributed by atoms with van der Waals surface area (Å²) in [5.74, 6) is 1.03. The highest BCUT2D eigenvalue weighted by molar-refractivity contribution is 6.03. The predicted molar refractivity (Wildman–Crippen MR) is 67.7 cm³/mol. The molecule has 17 heavy (non-hydrogen) atoms. The number of Topliss-reactive ketones (excluding diaryl/α,β-unsaturated/α-hetero) is 1. The quantitative estimate of drug-likeness (QED) is 0.778. The lowest BCUT2D eigenvalue weighted by atomic mass is 9.95. The molecule has 1 aliphatic heterocycles. The number of ether oxygens (including phenoxy) is 1. The van der Waals surface area contributed by atoms with Gasteiger partial charge in [0.15, 0.2) is 5.60 Å². The van der Waals surface area contributed by atoms with Crippen LogP contribution in [0.5, 0.6) is 0 Å². The molecule has 1 atom stereocenters. The molecule has 90 valence electrons. The molecule has 1 unspecified atom stereocenters. The predicted octanol–water partition coefficient (Wildman–Crippen LogP) is 3.44. The van der Waals surface area contributed by atoms with Crippen molar-refractivity contribution in [3.63, 3.8) is 0 Å². The largest absolute Gasteiger partial charge is 0.483 e. The number of allylic oxidation sites excluding steroid dienone is 1. The lowest BCUT2D eigenvalue weighted by molar-refractivity contribution is -0.127. The fraction of sp³-hybridized carbons (Fsp3) is 0.400. The molecule has 0 aromatic heterocycles. The van der Waals surface area contributed by atoms with Crippen LogP contribution in [0.4, 0.5) is 0 Å². The van der Waals surface area contributed by atoms with E-state index in [-0.39, 0.29) is 11.7 Å². The maximum atomic E-state index is 12.0. The van der Waals surface area contributed by atoms with Crippen molar-refractivity contribution in [3.05, 3.63) is 47.2 Å². The number of ketones is 1. The smallest absolute Gasteiger partial charge is 0.204 e. The van der Waals surface area contributed by atoms with Gasteiger partial charge in [-0.3, -0.25) is 4.79 Å². The number of carbonyl (C=O) groups is 1. The highest BCUT2D eigenvalue weighted by atomic mass is 16.5. The van der Waals surface area contributed by atoms with Crippen LogP contribution in [-0.4, -0.2) is 11.4 Å². The second-order valence-electron chi connectivity index (χ2n) is 5.06. The lowest BCUT2D eigenvalue weighted by Gasteiger charge is -2.21. The molecule has 0 fully saturated rings. The highest BCUT2D eigenvalue weighted by Crippen LogP contribution is 2.37. The molecular formula is C15H18O2. The van der Waals surface area contributed by atoms with Crippen LogP contribution in [0.1, 0.15) is 39.2 Å². The van der Waals surface area contributed by atoms with Gasteiger partial charge in [0, 0.05) is 11.5 Å². The van der Waals surface area contributed by atoms with Crippen molar-refractivity contribution in [3.8, 4) is 0 Å². The Morgan fingerprint density at radius 2 is 1.76 bits per heavy atom. The first-order chi connectivity index (χ1) is 7.93. The summed E-state index contributed by atoms with van der Waals surface area (Å²) in [6.07, 6.45) is 0. The van der Waals surface area contributed by atoms with E-state index in [9.17, 15) is 4.79 Å². The molecule has 2 rings (SSSR count). The molecule has 0 bridgehead atoms. The summed E-state index contributed by atoms with van der Waals surface area (Å²) < 4.78 is 5.82. The van der Waals surface area contributed by atoms with Crippen LogP contribution in [0, 0.1) is 0 Å². The summed E-state index contributed by atoms with van der Waals surface area (Å²) in [5.41, 5.74) is 1.22. The van der Waals surface area contributed by atoms with Gasteiger partial charge >= 0.3 is 0 Å². The second kappa shape index (κ2) is 4.02. The van der Waals surface area contributed by atoms with Crippen molar-refractivity contribution in [2.75, 3.05) is 0 Å². The Morgan fingerprint density at radius 3 is 2.24 bits per heavy atom. The summed E-state index contributed by atoms with van der Waals surface area (Å²) in [7, 11) is 0. The fourth-order valence-corrected chi connectivity index (χ4v) is 2.27. The van der Waals surface area contributed by atoms with Crippen molar-refractivity contribution in [2.45, 2.75) is 39.2 Å². The molecule has 2 heteroatoms. The maximum Gasteiger partial charge on any atom is 0.204 e. The molecule has 1 heterocycles. The molecule has 0 radical (unpaired) electrons. The minimum atomic E-state index is -0.706. The van der Waals surface area contributed by atoms with E-state index in [1.165, 1.54) is 5.56 Å². The van der Waals surface area contributed by atoms with Crippen LogP contribution in [0.2, 0.25) is 0 Å². The second-order valence-corrected chi connectivity index (χ2v) is 5.06. The summed E-state index contributed by atoms with van der Waals surface area (Å²) >= 11 is 0. The summed E-state index contributed by atoms with van der Waals surface area (Å²) in [5, 5.41) is 0. The van der Waals surface area contributed by atoms with E-state index in [4.69, 9.17) is 4.74 Å². The van der Waals surface area contributed by atoms with E-state index in [0.717, 1.165) is 11.3 Å². The molecule has 0 aliphatic carbocycles. The average Bonchev–Trinajstić information content (AvgIpc) is 2.53. The van der Waals surface area contributed by atoms with Gasteiger partial charge in [-0.1, -0.05) is 37.3 Å². The van der Waals surface area contributed by atoms with Crippen molar-refractivity contribution >= 4 is 5.78 Å². The Kier molecular flexibility index (Phi) is 2.82. The number of hydrogen-bond acceptors (Lipinski definition) is 2. The Bertz CT molecular complexity index is 469. The lowest BCUT2D eigenvalue weighted by Crippen LogP contribution is -2.29. The third kappa shape index (κ3) is 1.99. The summed E-state index contributed by atoms with van der Waals surface area (Å²) in [6, 6.07) is 10.1. The zero-order valence-corrected chi connectivity index (χ0v) is 10.8. The van der Waals surface area contributed by atoms with Gasteiger partial charge in [0.25, 0.3) is 0 Å². The first-order valence-corrected chi connectivity index (χ1v) is 5.93. The van der Waals surface area contributed by atoms with Gasteiger partial charge in [-0.2, -0.15) is 0 Å². The third-order valence-corrected chi connectivity index (χ3v) is 3.31. The van der Waals surface area contributed by atoms with Crippen LogP contribution in [0.15, 0.2) is 41.7 Å². The Morgan fingerprint density at radius 1 is 1.18 bits per heavy atom. The number of carbonyl (C=O) groups excluding carboxylic acids is 1. The Hall–Kier alpha value is -1.57. The van der Waals surface area contributed by atoms with Gasteiger partial charge in [0.1, 0.15) is 5.76 Å². The maximum absolute atomic E-state index is 12.0. The molecular weight excluding hydrogens is 212 g/mol. The van der Waals surface area contributed by atoms with Crippen molar-refractivity contribution in [2.24, 2.45) is 0 Å². The standard InChI is InChI=1S/C15H18O2/c1-10(12-8-6-5-7-9-12)13-11(2)14(16)15(3,4)17-13/h5-10H,1-4H3. The number of hydrogen-bond donors (Lipinski definition) is 0. The first kappa shape index (κ1) is 11.9. The van der Waals surface area contributed by atoms with Crippen molar-refractivity contribution < 1.29 is 9.53 Å². The van der Waals surface area contributed by atoms with Crippen LogP contribution in [0.3, 0.4) is 0 Å². The average molecular weight is 230 g/mol. The minimum absolute atomic E-state index is 0.0929. The van der Waals surface area contributed by atoms with E-state index in [1.807, 2.05) is 39.0 Å². The van der Waals surface area contributed by atoms with E-state index in [1.54, 1.807) is 0 Å². The molecule has 0 saturated heterocycles. The molecule has 0 N–H and O–H groups in total. The van der Waals surface area contributed by atoms with Crippen LogP contribution < -0.4 is 0 Å². The summed E-state index contributed by atoms with van der Waals surface area (Å²) in [4.78, 5) is 12.0. The van der Waals surface area contributed by atoms with E-state index < -0.39 is 5.60 Å². The Balaban J connectivity index is 2.34. The van der Waals surface area contributed by atoms with Gasteiger partial charge in [0.2, 0.25) is 5.78 Å². The van der Waals surface area contributed by atoms with Gasteiger partial charge in [-0.05, 0) is 26.3 Å². The minimum Gasteiger partial charge on any atom is -0.483 e. The third-order valence-electron chi connectivity index (χ3n) is 3.31. The fourth-order valence-electron chi connectivity index (χ4n) is 2.27. The number of benzene rings is 1. The molecule has 2 nitrogen and oxygen atoms in total. The molecule has 1 aromatic rings. The molecule has 0 saturated carbocycles. The molecule has 1 aromatic carbocycles. The highest BCUT2D eigenvalue weighted by Gasteiger charge is 2.41. The van der Waals surface area contributed by atoms with Crippen LogP contribution in [0.25, 0.3) is 0 Å². The van der Waals surface area contributed by atoms with Gasteiger partial charge in [-0.25, -0.2) is 0 Å². The van der Waals surface area contributed by atoms with E-state index in [2.05, 4.69) is 19.1 Å². The van der Waals surface area contributed by atoms with Crippen LogP contribution in [-0.2, 0) is 9.53 Å². The topological polar surface area (TPSA) is 26.3 Å². The monoisotopic (exact) mass is 230 g/mol. The van der Waals surface area contributed by atoms with Crippen molar-refractivity contribution in [1.82, 2.24) is 0 Å². The zero-order chi connectivity index (χ0) is 12.6. The molecule has 1 aliphatic rings. The zero-order valence-electron chi connectivity index (χ0n) is 10.8. The van der Waals surface area contributed by atoms with E-state index >= 15 is 0 Å². The van der Waals surface area contributed by atoms with Crippen LogP contribution >= 0.6 is 0 Å². The normalized spacial score (nSPS) is 20.4. The molecule has 0 amide bonds. The van der Waals surface area contributed by atoms with Gasteiger partial charge < -0.3 is 4.74 Å². The Labute approximate surface area is 102 Å². The molecule has 0 spiro atoms. The van der Waals surface area contributed by atoms with Crippen molar-refractivity contribution in [1.29, 1.82) is 0 Å². The number of rotatable bonds is 2. The van der Waals surface area contributed by atoms with E-state index in [0.29, 0.717) is 0 Å². The first-order valence-electron chi connectivity index (χ1n) is 5.93. The summed E-state index contributed by atoms with van der Waals surface area (Å²) in [6.45, 7) is 7.57. The SMILES string of the molecule is CC1=C(C(C)c2ccccc2)OC(C)(C)C1=O.